The minimum absolute atomic E-state index is 0.0451. The zero-order valence-electron chi connectivity index (χ0n) is 29.3. The van der Waals surface area contributed by atoms with Gasteiger partial charge in [0.25, 0.3) is 0 Å². The third-order valence-corrected chi connectivity index (χ3v) is 13.1. The Labute approximate surface area is 293 Å². The van der Waals surface area contributed by atoms with Gasteiger partial charge in [0.1, 0.15) is 11.6 Å². The summed E-state index contributed by atoms with van der Waals surface area (Å²) in [6.45, 7) is 8.73. The highest BCUT2D eigenvalue weighted by Gasteiger charge is 2.64. The number of benzene rings is 1. The van der Waals surface area contributed by atoms with Crippen LogP contribution in [0.3, 0.4) is 0 Å². The van der Waals surface area contributed by atoms with Crippen LogP contribution in [0.1, 0.15) is 84.1 Å². The van der Waals surface area contributed by atoms with Crippen LogP contribution in [0.25, 0.3) is 0 Å². The van der Waals surface area contributed by atoms with Crippen LogP contribution in [0.5, 0.6) is 0 Å². The number of hydrogen-bond acceptors (Lipinski definition) is 9. The quantitative estimate of drug-likeness (QED) is 0.252. The Morgan fingerprint density at radius 3 is 2.22 bits per heavy atom. The molecule has 12 nitrogen and oxygen atoms in total. The Balaban J connectivity index is 0.000000320. The van der Waals surface area contributed by atoms with Gasteiger partial charge in [-0.1, -0.05) is 44.2 Å². The molecular weight excluding hydrogens is 646 g/mol. The number of aliphatic hydroxyl groups excluding tert-OH is 1. The highest BCUT2D eigenvalue weighted by Crippen LogP contribution is 2.66. The van der Waals surface area contributed by atoms with Crippen molar-refractivity contribution in [3.05, 3.63) is 35.9 Å². The third kappa shape index (κ3) is 7.54. The van der Waals surface area contributed by atoms with Crippen molar-refractivity contribution in [2.75, 3.05) is 19.7 Å². The van der Waals surface area contributed by atoms with Crippen molar-refractivity contribution >= 4 is 29.5 Å². The van der Waals surface area contributed by atoms with Crippen LogP contribution in [-0.2, 0) is 35.1 Å². The van der Waals surface area contributed by atoms with Gasteiger partial charge in [0.05, 0.1) is 31.7 Å². The molecule has 10 atom stereocenters. The first-order valence-electron chi connectivity index (χ1n) is 18.0. The van der Waals surface area contributed by atoms with Gasteiger partial charge in [-0.15, -0.1) is 0 Å². The summed E-state index contributed by atoms with van der Waals surface area (Å²) in [5.74, 6) is -2.95. The highest BCUT2D eigenvalue weighted by atomic mass is 16.5. The smallest absolute Gasteiger partial charge is 0.336 e. The van der Waals surface area contributed by atoms with Crippen LogP contribution < -0.4 is 0 Å². The zero-order chi connectivity index (χ0) is 36.6. The van der Waals surface area contributed by atoms with Crippen molar-refractivity contribution in [1.29, 1.82) is 0 Å². The maximum Gasteiger partial charge on any atom is 0.336 e. The Morgan fingerprint density at radius 2 is 1.62 bits per heavy atom. The first kappa shape index (κ1) is 38.1. The second kappa shape index (κ2) is 14.8. The number of hydrogen-bond donors (Lipinski definition) is 5. The number of carboxylic acid groups (broad SMARTS) is 3. The van der Waals surface area contributed by atoms with E-state index in [0.717, 1.165) is 58.0 Å². The van der Waals surface area contributed by atoms with E-state index >= 15 is 0 Å². The standard InChI is InChI=1S/C32H45NO4.C6H8O7/c1-20(34)25-11-12-26-24-10-9-22-16-28(35)27(17-31(22,2)30(24)29(36)18-32(25,26)3)33-13-14-37-23(19-33)15-21-7-5-4-6-8-21;7-3(8)1-6(13,5(11)12)2-4(9)10/h4-8,22-28,30,35H,9-19H2,1-3H3;13H,1-2H2,(H,7,8)(H,9,10)(H,11,12)/t22-,23-,24-,25+,26-,27-,28-,30+,31-,32+;/m0./s1. The molecule has 5 fully saturated rings. The molecule has 1 saturated heterocycles. The molecule has 0 bridgehead atoms. The van der Waals surface area contributed by atoms with E-state index in [1.54, 1.807) is 6.92 Å². The molecule has 12 heteroatoms. The molecule has 0 aromatic heterocycles. The topological polar surface area (TPSA) is 199 Å². The molecule has 0 radical (unpaired) electrons. The fourth-order valence-corrected chi connectivity index (χ4v) is 10.9. The number of Topliss-reactive ketones (excluding diaryl/α,β-unsaturated/α-hetero) is 2. The maximum atomic E-state index is 14.0. The van der Waals surface area contributed by atoms with Gasteiger partial charge in [0, 0.05) is 37.4 Å². The van der Waals surface area contributed by atoms with E-state index in [1.807, 2.05) is 6.07 Å². The van der Waals surface area contributed by atoms with Gasteiger partial charge in [-0.3, -0.25) is 24.1 Å². The Bertz CT molecular complexity index is 1430. The van der Waals surface area contributed by atoms with Gasteiger partial charge >= 0.3 is 17.9 Å². The average Bonchev–Trinajstić information content (AvgIpc) is 3.38. The summed E-state index contributed by atoms with van der Waals surface area (Å²) in [4.78, 5) is 59.5. The van der Waals surface area contributed by atoms with Gasteiger partial charge in [-0.2, -0.15) is 0 Å². The van der Waals surface area contributed by atoms with Crippen molar-refractivity contribution in [1.82, 2.24) is 4.90 Å². The number of rotatable bonds is 9. The van der Waals surface area contributed by atoms with E-state index in [9.17, 15) is 29.1 Å². The largest absolute Gasteiger partial charge is 0.481 e. The van der Waals surface area contributed by atoms with E-state index in [0.29, 0.717) is 36.6 Å². The predicted octanol–water partition coefficient (Wildman–Crippen LogP) is 3.45. The lowest BCUT2D eigenvalue weighted by Gasteiger charge is -2.61. The normalized spacial score (nSPS) is 36.9. The van der Waals surface area contributed by atoms with Gasteiger partial charge in [-0.05, 0) is 86.0 Å². The summed E-state index contributed by atoms with van der Waals surface area (Å²) >= 11 is 0. The minimum Gasteiger partial charge on any atom is -0.481 e. The fraction of sp³-hybridized carbons (Fsp3) is 0.711. The minimum atomic E-state index is -2.74. The number of carbonyl (C=O) groups is 5. The van der Waals surface area contributed by atoms with Gasteiger partial charge in [0.15, 0.2) is 5.60 Å². The number of fused-ring (bicyclic) bond motifs is 5. The molecule has 1 aromatic rings. The van der Waals surface area contributed by atoms with E-state index in [-0.39, 0.29) is 46.7 Å². The summed E-state index contributed by atoms with van der Waals surface area (Å²) in [6, 6.07) is 10.6. The molecular formula is C38H53NO11. The molecule has 276 valence electrons. The van der Waals surface area contributed by atoms with Crippen LogP contribution in [0.4, 0.5) is 0 Å². The van der Waals surface area contributed by atoms with Crippen molar-refractivity contribution in [3.63, 3.8) is 0 Å². The van der Waals surface area contributed by atoms with Crippen LogP contribution >= 0.6 is 0 Å². The first-order chi connectivity index (χ1) is 23.5. The molecule has 5 N–H and O–H groups in total. The van der Waals surface area contributed by atoms with Crippen molar-refractivity contribution < 1.29 is 54.2 Å². The highest BCUT2D eigenvalue weighted by molar-refractivity contribution is 5.88. The van der Waals surface area contributed by atoms with Crippen LogP contribution in [0.15, 0.2) is 30.3 Å². The molecule has 1 heterocycles. The maximum absolute atomic E-state index is 14.0. The molecule has 4 aliphatic carbocycles. The second-order valence-electron chi connectivity index (χ2n) is 16.1. The second-order valence-corrected chi connectivity index (χ2v) is 16.1. The molecule has 5 aliphatic rings. The molecule has 1 aromatic carbocycles. The zero-order valence-corrected chi connectivity index (χ0v) is 29.3. The van der Waals surface area contributed by atoms with Crippen LogP contribution in [0.2, 0.25) is 0 Å². The first-order valence-corrected chi connectivity index (χ1v) is 18.0. The Hall–Kier alpha value is -3.19. The van der Waals surface area contributed by atoms with Gasteiger partial charge < -0.3 is 30.3 Å². The lowest BCUT2D eigenvalue weighted by Crippen LogP contribution is -2.63. The van der Waals surface area contributed by atoms with E-state index in [4.69, 9.17) is 25.2 Å². The van der Waals surface area contributed by atoms with Crippen LogP contribution in [-0.4, -0.2) is 103 Å². The fourth-order valence-electron chi connectivity index (χ4n) is 10.9. The van der Waals surface area contributed by atoms with E-state index in [2.05, 4.69) is 43.0 Å². The number of carboxylic acids is 3. The predicted molar refractivity (Wildman–Crippen MR) is 180 cm³/mol. The SMILES string of the molecule is CC(=O)[C@H]1CC[C@H]2[C@@H]3CC[C@H]4C[C@H](O)[C@@H](N5CCO[C@@H](Cc6ccccc6)C5)C[C@]4(C)[C@H]3C(=O)C[C@]12C.O=C(O)CC(O)(CC(=O)O)C(=O)O. The lowest BCUT2D eigenvalue weighted by atomic mass is 9.43. The summed E-state index contributed by atoms with van der Waals surface area (Å²) < 4.78 is 6.16. The molecule has 50 heavy (non-hydrogen) atoms. The number of carbonyl (C=O) groups excluding carboxylic acids is 2. The Kier molecular flexibility index (Phi) is 11.3. The van der Waals surface area contributed by atoms with Crippen molar-refractivity contribution in [2.45, 2.75) is 109 Å². The summed E-state index contributed by atoms with van der Waals surface area (Å²) in [5, 5.41) is 45.2. The number of aliphatic carboxylic acids is 3. The number of ether oxygens (including phenoxy) is 1. The monoisotopic (exact) mass is 699 g/mol. The number of aliphatic hydroxyl groups is 2. The van der Waals surface area contributed by atoms with Crippen molar-refractivity contribution in [2.24, 2.45) is 40.4 Å². The third-order valence-electron chi connectivity index (χ3n) is 13.1. The van der Waals surface area contributed by atoms with Gasteiger partial charge in [-0.25, -0.2) is 4.79 Å². The summed E-state index contributed by atoms with van der Waals surface area (Å²) in [5.41, 5.74) is -1.68. The van der Waals surface area contributed by atoms with E-state index in [1.165, 1.54) is 5.56 Å². The number of nitrogens with zero attached hydrogens (tertiary/aromatic N) is 1. The van der Waals surface area contributed by atoms with E-state index < -0.39 is 36.4 Å². The number of morpholine rings is 1. The molecule has 6 rings (SSSR count). The van der Waals surface area contributed by atoms with Crippen molar-refractivity contribution in [3.8, 4) is 0 Å². The molecule has 4 saturated carbocycles. The average molecular weight is 700 g/mol. The lowest BCUT2D eigenvalue weighted by molar-refractivity contribution is -0.173. The molecule has 0 spiro atoms. The molecule has 0 unspecified atom stereocenters. The number of ketones is 2. The molecule has 0 amide bonds. The van der Waals surface area contributed by atoms with Gasteiger partial charge in [0.2, 0.25) is 0 Å². The summed E-state index contributed by atoms with van der Waals surface area (Å²) in [7, 11) is 0. The summed E-state index contributed by atoms with van der Waals surface area (Å²) in [6.07, 6.45) is 4.87. The Morgan fingerprint density at radius 1 is 0.960 bits per heavy atom. The van der Waals surface area contributed by atoms with Crippen LogP contribution in [0, 0.1) is 40.4 Å². The molecule has 1 aliphatic heterocycles.